The second-order valence-corrected chi connectivity index (χ2v) is 5.85. The van der Waals surface area contributed by atoms with Crippen LogP contribution in [0.15, 0.2) is 22.6 Å². The highest BCUT2D eigenvalue weighted by Crippen LogP contribution is 2.40. The molecule has 1 aromatic carbocycles. The minimum absolute atomic E-state index is 0.0850. The van der Waals surface area contributed by atoms with Gasteiger partial charge in [0, 0.05) is 12.6 Å². The molecule has 2 heterocycles. The van der Waals surface area contributed by atoms with E-state index >= 15 is 0 Å². The van der Waals surface area contributed by atoms with E-state index in [0.717, 1.165) is 0 Å². The molecule has 0 fully saturated rings. The molecule has 26 heavy (non-hydrogen) atoms. The minimum atomic E-state index is -1.07. The molecule has 0 spiro atoms. The van der Waals surface area contributed by atoms with Crippen LogP contribution in [-0.2, 0) is 6.54 Å². The third-order valence-electron chi connectivity index (χ3n) is 4.01. The fourth-order valence-corrected chi connectivity index (χ4v) is 2.76. The quantitative estimate of drug-likeness (QED) is 0.873. The van der Waals surface area contributed by atoms with Crippen molar-refractivity contribution in [3.05, 3.63) is 40.8 Å². The molecule has 1 aromatic heterocycles. The summed E-state index contributed by atoms with van der Waals surface area (Å²) in [6.45, 7) is 2.51. The van der Waals surface area contributed by atoms with Gasteiger partial charge in [-0.1, -0.05) is 0 Å². The molecule has 1 aliphatic heterocycles. The highest BCUT2D eigenvalue weighted by Gasteiger charge is 2.23. The van der Waals surface area contributed by atoms with Crippen LogP contribution in [-0.4, -0.2) is 49.3 Å². The molecule has 8 heteroatoms. The monoisotopic (exact) mass is 361 g/mol. The molecule has 1 aliphatic rings. The Morgan fingerprint density at radius 1 is 1.23 bits per heavy atom. The zero-order valence-corrected chi connectivity index (χ0v) is 14.7. The number of carbonyl (C=O) groups excluding carboxylic acids is 1. The smallest absolute Gasteiger partial charge is 0.339 e. The number of carboxylic acid groups (broad SMARTS) is 1. The molecule has 0 saturated carbocycles. The normalized spacial score (nSPS) is 12.6. The summed E-state index contributed by atoms with van der Waals surface area (Å²) in [6, 6.07) is 4.61. The molecule has 0 radical (unpaired) electrons. The number of hydrogen-bond donors (Lipinski definition) is 1. The first-order chi connectivity index (χ1) is 12.4. The lowest BCUT2D eigenvalue weighted by atomic mass is 10.1. The van der Waals surface area contributed by atoms with Crippen molar-refractivity contribution in [2.75, 3.05) is 27.4 Å². The van der Waals surface area contributed by atoms with E-state index in [0.29, 0.717) is 47.5 Å². The number of amides is 1. The van der Waals surface area contributed by atoms with Crippen molar-refractivity contribution in [1.29, 1.82) is 0 Å². The largest absolute Gasteiger partial charge is 0.493 e. The van der Waals surface area contributed by atoms with Crippen LogP contribution < -0.4 is 14.2 Å². The van der Waals surface area contributed by atoms with Crippen LogP contribution in [0, 0.1) is 6.92 Å². The lowest BCUT2D eigenvalue weighted by molar-refractivity contribution is 0.0694. The van der Waals surface area contributed by atoms with E-state index in [9.17, 15) is 9.59 Å². The number of hydrogen-bond acceptors (Lipinski definition) is 6. The summed E-state index contributed by atoms with van der Waals surface area (Å²) in [7, 11) is 3.09. The molecule has 0 atom stereocenters. The number of fused-ring (bicyclic) bond motifs is 1. The van der Waals surface area contributed by atoms with E-state index in [1.165, 1.54) is 18.1 Å². The van der Waals surface area contributed by atoms with Crippen molar-refractivity contribution in [2.45, 2.75) is 13.5 Å². The average molecular weight is 361 g/mol. The number of rotatable bonds is 5. The van der Waals surface area contributed by atoms with Gasteiger partial charge in [-0.2, -0.15) is 0 Å². The molecule has 8 nitrogen and oxygen atoms in total. The zero-order valence-electron chi connectivity index (χ0n) is 14.7. The first kappa shape index (κ1) is 17.7. The zero-order chi connectivity index (χ0) is 18.8. The van der Waals surface area contributed by atoms with Gasteiger partial charge in [0.25, 0.3) is 5.91 Å². The number of carboxylic acids is 1. The molecule has 0 bridgehead atoms. The standard InChI is InChI=1S/C18H19NO7/c1-10-13(18(21)22)8-12(26-10)9-19(2)17(20)11-6-14(23-3)16-15(7-11)24-4-5-25-16/h6-8H,4-5,9H2,1-3H3,(H,21,22). The summed E-state index contributed by atoms with van der Waals surface area (Å²) in [6.07, 6.45) is 0. The lowest BCUT2D eigenvalue weighted by Crippen LogP contribution is -2.26. The second kappa shape index (κ2) is 6.99. The molecule has 138 valence electrons. The van der Waals surface area contributed by atoms with Crippen LogP contribution in [0.3, 0.4) is 0 Å². The van der Waals surface area contributed by atoms with E-state index < -0.39 is 5.97 Å². The van der Waals surface area contributed by atoms with Gasteiger partial charge in [0.2, 0.25) is 5.75 Å². The summed E-state index contributed by atoms with van der Waals surface area (Å²) in [5, 5.41) is 9.09. The molecule has 0 aliphatic carbocycles. The summed E-state index contributed by atoms with van der Waals surface area (Å²) in [5.74, 6) is 0.685. The van der Waals surface area contributed by atoms with Crippen molar-refractivity contribution >= 4 is 11.9 Å². The van der Waals surface area contributed by atoms with Gasteiger partial charge in [-0.15, -0.1) is 0 Å². The first-order valence-corrected chi connectivity index (χ1v) is 7.96. The minimum Gasteiger partial charge on any atom is -0.493 e. The SMILES string of the molecule is COc1cc(C(=O)N(C)Cc2cc(C(=O)O)c(C)o2)cc2c1OCCO2. The highest BCUT2D eigenvalue weighted by molar-refractivity contribution is 5.95. The lowest BCUT2D eigenvalue weighted by Gasteiger charge is -2.22. The van der Waals surface area contributed by atoms with Crippen LogP contribution in [0.25, 0.3) is 0 Å². The number of furan rings is 1. The molecule has 0 unspecified atom stereocenters. The molecule has 0 saturated heterocycles. The van der Waals surface area contributed by atoms with Gasteiger partial charge in [0.1, 0.15) is 30.3 Å². The summed E-state index contributed by atoms with van der Waals surface area (Å²) in [4.78, 5) is 25.3. The Labute approximate surface area is 149 Å². The topological polar surface area (TPSA) is 98.4 Å². The maximum Gasteiger partial charge on any atom is 0.339 e. The highest BCUT2D eigenvalue weighted by atomic mass is 16.6. The first-order valence-electron chi connectivity index (χ1n) is 7.96. The Balaban J connectivity index is 1.82. The van der Waals surface area contributed by atoms with Gasteiger partial charge < -0.3 is 28.6 Å². The van der Waals surface area contributed by atoms with Crippen molar-refractivity contribution in [3.8, 4) is 17.2 Å². The predicted octanol–water partition coefficient (Wildman–Crippen LogP) is 2.34. The number of ether oxygens (including phenoxy) is 3. The number of methoxy groups -OCH3 is 1. The molecule has 3 rings (SSSR count). The number of benzene rings is 1. The van der Waals surface area contributed by atoms with E-state index in [1.54, 1.807) is 26.1 Å². The van der Waals surface area contributed by atoms with E-state index in [4.69, 9.17) is 23.7 Å². The van der Waals surface area contributed by atoms with Crippen LogP contribution >= 0.6 is 0 Å². The Bertz CT molecular complexity index is 838. The van der Waals surface area contributed by atoms with Gasteiger partial charge in [-0.05, 0) is 25.1 Å². The Kier molecular flexibility index (Phi) is 4.75. The van der Waals surface area contributed by atoms with Crippen LogP contribution in [0.2, 0.25) is 0 Å². The number of nitrogens with zero attached hydrogens (tertiary/aromatic N) is 1. The maximum absolute atomic E-state index is 12.7. The van der Waals surface area contributed by atoms with Crippen molar-refractivity contribution < 1.29 is 33.3 Å². The number of aryl methyl sites for hydroxylation is 1. The Morgan fingerprint density at radius 3 is 2.62 bits per heavy atom. The van der Waals surface area contributed by atoms with Crippen molar-refractivity contribution in [2.24, 2.45) is 0 Å². The van der Waals surface area contributed by atoms with Gasteiger partial charge in [-0.25, -0.2) is 4.79 Å². The van der Waals surface area contributed by atoms with Crippen LogP contribution in [0.5, 0.6) is 17.2 Å². The third-order valence-corrected chi connectivity index (χ3v) is 4.01. The fraction of sp³-hybridized carbons (Fsp3) is 0.333. The summed E-state index contributed by atoms with van der Waals surface area (Å²) >= 11 is 0. The molecule has 1 amide bonds. The van der Waals surface area contributed by atoms with E-state index in [1.807, 2.05) is 0 Å². The fourth-order valence-electron chi connectivity index (χ4n) is 2.76. The molecule has 1 N–H and O–H groups in total. The van der Waals surface area contributed by atoms with Crippen molar-refractivity contribution in [3.63, 3.8) is 0 Å². The summed E-state index contributed by atoms with van der Waals surface area (Å²) < 4.78 is 21.8. The van der Waals surface area contributed by atoms with Gasteiger partial charge >= 0.3 is 5.97 Å². The Hall–Kier alpha value is -3.16. The molecular formula is C18H19NO7. The van der Waals surface area contributed by atoms with Gasteiger partial charge in [-0.3, -0.25) is 4.79 Å². The second-order valence-electron chi connectivity index (χ2n) is 5.85. The number of aromatic carboxylic acids is 1. The van der Waals surface area contributed by atoms with Crippen LogP contribution in [0.4, 0.5) is 0 Å². The molecule has 2 aromatic rings. The number of carbonyl (C=O) groups is 2. The van der Waals surface area contributed by atoms with Crippen LogP contribution in [0.1, 0.15) is 32.2 Å². The van der Waals surface area contributed by atoms with E-state index in [2.05, 4.69) is 0 Å². The van der Waals surface area contributed by atoms with Crippen molar-refractivity contribution in [1.82, 2.24) is 4.90 Å². The average Bonchev–Trinajstić information content (AvgIpc) is 3.00. The third kappa shape index (κ3) is 3.30. The maximum atomic E-state index is 12.7. The van der Waals surface area contributed by atoms with Gasteiger partial charge in [0.15, 0.2) is 11.5 Å². The predicted molar refractivity (Wildman–Crippen MR) is 90.2 cm³/mol. The summed E-state index contributed by atoms with van der Waals surface area (Å²) in [5.41, 5.74) is 0.456. The Morgan fingerprint density at radius 2 is 1.96 bits per heavy atom. The van der Waals surface area contributed by atoms with E-state index in [-0.39, 0.29) is 18.0 Å². The van der Waals surface area contributed by atoms with Gasteiger partial charge in [0.05, 0.1) is 13.7 Å². The molecular weight excluding hydrogens is 342 g/mol.